The molecule has 1 unspecified atom stereocenters. The largest absolute Gasteiger partial charge is 0.379 e. The first-order valence-electron chi connectivity index (χ1n) is 8.66. The Labute approximate surface area is 153 Å². The van der Waals surface area contributed by atoms with Gasteiger partial charge < -0.3 is 14.8 Å². The molecule has 1 atom stereocenters. The van der Waals surface area contributed by atoms with Crippen molar-refractivity contribution >= 4 is 21.6 Å². The van der Waals surface area contributed by atoms with E-state index < -0.39 is 32.7 Å². The van der Waals surface area contributed by atoms with Gasteiger partial charge in [-0.1, -0.05) is 13.3 Å². The van der Waals surface area contributed by atoms with Gasteiger partial charge in [-0.25, -0.2) is 12.8 Å². The number of rotatable bonds is 8. The fourth-order valence-electron chi connectivity index (χ4n) is 2.43. The molecule has 1 saturated heterocycles. The maximum Gasteiger partial charge on any atom is 0.253 e. The number of hydrogen-bond acceptors (Lipinski definition) is 5. The minimum atomic E-state index is -3.99. The lowest BCUT2D eigenvalue weighted by Gasteiger charge is -2.26. The minimum Gasteiger partial charge on any atom is -0.379 e. The summed E-state index contributed by atoms with van der Waals surface area (Å²) in [6.45, 7) is 4.96. The van der Waals surface area contributed by atoms with E-state index in [1.54, 1.807) is 6.92 Å². The van der Waals surface area contributed by atoms with Crippen molar-refractivity contribution in [3.63, 3.8) is 0 Å². The summed E-state index contributed by atoms with van der Waals surface area (Å²) in [6, 6.07) is 3.49. The maximum atomic E-state index is 14.1. The topological polar surface area (TPSA) is 84.9 Å². The predicted octanol–water partition coefficient (Wildman–Crippen LogP) is 1.99. The van der Waals surface area contributed by atoms with Crippen LogP contribution in [0.25, 0.3) is 0 Å². The van der Waals surface area contributed by atoms with Crippen LogP contribution in [0.2, 0.25) is 0 Å². The number of sulfonamides is 1. The molecule has 1 aromatic rings. The molecule has 0 aliphatic carbocycles. The van der Waals surface area contributed by atoms with E-state index in [9.17, 15) is 17.6 Å². The van der Waals surface area contributed by atoms with Crippen LogP contribution in [0.1, 0.15) is 26.7 Å². The molecule has 2 rings (SSSR count). The Morgan fingerprint density at radius 2 is 2.08 bits per heavy atom. The first-order chi connectivity index (χ1) is 12.4. The fourth-order valence-corrected chi connectivity index (χ4v) is 3.93. The Morgan fingerprint density at radius 3 is 2.73 bits per heavy atom. The lowest BCUT2D eigenvalue weighted by atomic mass is 10.3. The summed E-state index contributed by atoms with van der Waals surface area (Å²) < 4.78 is 51.2. The molecule has 1 aromatic carbocycles. The second-order valence-electron chi connectivity index (χ2n) is 6.02. The fraction of sp³-hybridized carbons (Fsp3) is 0.588. The van der Waals surface area contributed by atoms with Crippen molar-refractivity contribution in [2.45, 2.75) is 37.7 Å². The number of nitrogens with one attached hydrogen (secondary N) is 1. The Bertz CT molecular complexity index is 720. The van der Waals surface area contributed by atoms with Crippen LogP contribution >= 0.6 is 0 Å². The molecular weight excluding hydrogens is 363 g/mol. The summed E-state index contributed by atoms with van der Waals surface area (Å²) in [5, 5.41) is 2.57. The van der Waals surface area contributed by atoms with Gasteiger partial charge >= 0.3 is 0 Å². The van der Waals surface area contributed by atoms with Gasteiger partial charge in [0.25, 0.3) is 5.91 Å². The smallest absolute Gasteiger partial charge is 0.253 e. The van der Waals surface area contributed by atoms with Crippen molar-refractivity contribution in [2.75, 3.05) is 38.2 Å². The third-order valence-electron chi connectivity index (χ3n) is 4.02. The molecule has 9 heteroatoms. The van der Waals surface area contributed by atoms with Gasteiger partial charge in [-0.2, -0.15) is 4.31 Å². The number of amides is 1. The van der Waals surface area contributed by atoms with Gasteiger partial charge in [0.15, 0.2) is 0 Å². The van der Waals surface area contributed by atoms with E-state index >= 15 is 0 Å². The standard InChI is InChI=1S/C17H25FN2O5S/c1-3-4-9-25-13(2)17(21)19-14-5-6-15(18)16(12-14)26(22,23)20-7-10-24-11-8-20/h5-6,12-13H,3-4,7-11H2,1-2H3,(H,19,21). The molecule has 1 heterocycles. The first-order valence-corrected chi connectivity index (χ1v) is 10.1. The van der Waals surface area contributed by atoms with Gasteiger partial charge in [-0.3, -0.25) is 4.79 Å². The van der Waals surface area contributed by atoms with Crippen molar-refractivity contribution in [1.29, 1.82) is 0 Å². The molecule has 1 aliphatic heterocycles. The lowest BCUT2D eigenvalue weighted by molar-refractivity contribution is -0.126. The Morgan fingerprint density at radius 1 is 1.38 bits per heavy atom. The van der Waals surface area contributed by atoms with Gasteiger partial charge in [0.05, 0.1) is 13.2 Å². The SMILES string of the molecule is CCCCOC(C)C(=O)Nc1ccc(F)c(S(=O)(=O)N2CCOCC2)c1. The van der Waals surface area contributed by atoms with Crippen LogP contribution in [0.5, 0.6) is 0 Å². The number of unbranched alkanes of at least 4 members (excludes halogenated alkanes) is 1. The molecule has 0 radical (unpaired) electrons. The van der Waals surface area contributed by atoms with Gasteiger partial charge in [-0.05, 0) is 31.5 Å². The van der Waals surface area contributed by atoms with Crippen molar-refractivity contribution in [1.82, 2.24) is 4.31 Å². The molecule has 0 spiro atoms. The number of carbonyl (C=O) groups is 1. The second kappa shape index (κ2) is 9.40. The highest BCUT2D eigenvalue weighted by Crippen LogP contribution is 2.24. The van der Waals surface area contributed by atoms with E-state index in [0.29, 0.717) is 6.61 Å². The summed E-state index contributed by atoms with van der Waals surface area (Å²) in [5.74, 6) is -1.27. The highest BCUT2D eigenvalue weighted by molar-refractivity contribution is 7.89. The zero-order valence-electron chi connectivity index (χ0n) is 15.0. The number of ether oxygens (including phenoxy) is 2. The van der Waals surface area contributed by atoms with Crippen LogP contribution in [0.4, 0.5) is 10.1 Å². The predicted molar refractivity (Wildman–Crippen MR) is 94.9 cm³/mol. The lowest BCUT2D eigenvalue weighted by Crippen LogP contribution is -2.41. The Balaban J connectivity index is 2.12. The number of halogens is 1. The van der Waals surface area contributed by atoms with Crippen molar-refractivity contribution in [3.05, 3.63) is 24.0 Å². The van der Waals surface area contributed by atoms with Crippen LogP contribution in [0.15, 0.2) is 23.1 Å². The second-order valence-corrected chi connectivity index (χ2v) is 7.92. The van der Waals surface area contributed by atoms with Crippen molar-refractivity contribution in [3.8, 4) is 0 Å². The van der Waals surface area contributed by atoms with Crippen LogP contribution in [0, 0.1) is 5.82 Å². The first kappa shape index (κ1) is 20.8. The van der Waals surface area contributed by atoms with Crippen LogP contribution in [0.3, 0.4) is 0 Å². The number of benzene rings is 1. The molecular formula is C17H25FN2O5S. The molecule has 0 aromatic heterocycles. The number of anilines is 1. The summed E-state index contributed by atoms with van der Waals surface area (Å²) >= 11 is 0. The molecule has 26 heavy (non-hydrogen) atoms. The molecule has 7 nitrogen and oxygen atoms in total. The minimum absolute atomic E-state index is 0.167. The molecule has 1 aliphatic rings. The number of morpholine rings is 1. The third-order valence-corrected chi connectivity index (χ3v) is 5.94. The van der Waals surface area contributed by atoms with E-state index in [1.165, 1.54) is 10.4 Å². The molecule has 0 saturated carbocycles. The van der Waals surface area contributed by atoms with Crippen molar-refractivity contribution in [2.24, 2.45) is 0 Å². The van der Waals surface area contributed by atoms with Gasteiger partial charge in [0.1, 0.15) is 16.8 Å². The van der Waals surface area contributed by atoms with E-state index in [-0.39, 0.29) is 32.0 Å². The molecule has 146 valence electrons. The monoisotopic (exact) mass is 388 g/mol. The third kappa shape index (κ3) is 5.23. The number of carbonyl (C=O) groups excluding carboxylic acids is 1. The zero-order chi connectivity index (χ0) is 19.2. The molecule has 1 fully saturated rings. The van der Waals surface area contributed by atoms with Crippen LogP contribution in [-0.2, 0) is 24.3 Å². The quantitative estimate of drug-likeness (QED) is 0.689. The van der Waals surface area contributed by atoms with E-state index in [2.05, 4.69) is 5.32 Å². The molecule has 0 bridgehead atoms. The van der Waals surface area contributed by atoms with E-state index in [0.717, 1.165) is 25.0 Å². The van der Waals surface area contributed by atoms with Crippen LogP contribution in [-0.4, -0.2) is 57.6 Å². The Kier molecular flexibility index (Phi) is 7.51. The van der Waals surface area contributed by atoms with Gasteiger partial charge in [-0.15, -0.1) is 0 Å². The summed E-state index contributed by atoms with van der Waals surface area (Å²) in [6.07, 6.45) is 1.11. The normalized spacial score (nSPS) is 17.0. The van der Waals surface area contributed by atoms with E-state index in [1.807, 2.05) is 6.92 Å². The number of nitrogens with zero attached hydrogens (tertiary/aromatic N) is 1. The molecule has 1 amide bonds. The van der Waals surface area contributed by atoms with Crippen LogP contribution < -0.4 is 5.32 Å². The average Bonchev–Trinajstić information content (AvgIpc) is 2.64. The van der Waals surface area contributed by atoms with Crippen molar-refractivity contribution < 1.29 is 27.1 Å². The summed E-state index contributed by atoms with van der Waals surface area (Å²) in [7, 11) is -3.99. The highest BCUT2D eigenvalue weighted by Gasteiger charge is 2.29. The number of hydrogen-bond donors (Lipinski definition) is 1. The maximum absolute atomic E-state index is 14.1. The van der Waals surface area contributed by atoms with Gasteiger partial charge in [0.2, 0.25) is 10.0 Å². The van der Waals surface area contributed by atoms with Gasteiger partial charge in [0, 0.05) is 25.4 Å². The highest BCUT2D eigenvalue weighted by atomic mass is 32.2. The zero-order valence-corrected chi connectivity index (χ0v) is 15.9. The average molecular weight is 388 g/mol. The summed E-state index contributed by atoms with van der Waals surface area (Å²) in [5.41, 5.74) is 0.203. The molecule has 1 N–H and O–H groups in total. The summed E-state index contributed by atoms with van der Waals surface area (Å²) in [4.78, 5) is 11.7. The Hall–Kier alpha value is -1.55. The van der Waals surface area contributed by atoms with E-state index in [4.69, 9.17) is 9.47 Å².